The fourth-order valence-electron chi connectivity index (χ4n) is 4.52. The number of hydrogen-bond donors (Lipinski definition) is 1. The molecular weight excluding hydrogens is 350 g/mol. The van der Waals surface area contributed by atoms with E-state index in [1.54, 1.807) is 0 Å². The van der Waals surface area contributed by atoms with Gasteiger partial charge in [0.05, 0.1) is 12.3 Å². The molecule has 0 bridgehead atoms. The van der Waals surface area contributed by atoms with Crippen LogP contribution in [0.3, 0.4) is 0 Å². The molecule has 1 aromatic rings. The monoisotopic (exact) mass is 389 g/mol. The first kappa shape index (κ1) is 21.2. The molecular formula is C22H39N5O. The summed E-state index contributed by atoms with van der Waals surface area (Å²) in [6.45, 7) is 4.06. The van der Waals surface area contributed by atoms with Gasteiger partial charge in [-0.05, 0) is 50.0 Å². The lowest BCUT2D eigenvalue weighted by Gasteiger charge is -2.22. The Bertz CT molecular complexity index is 592. The summed E-state index contributed by atoms with van der Waals surface area (Å²) in [7, 11) is 3.88. The molecule has 1 N–H and O–H groups in total. The quantitative estimate of drug-likeness (QED) is 0.320. The predicted molar refractivity (Wildman–Crippen MR) is 115 cm³/mol. The normalized spacial score (nSPS) is 21.9. The summed E-state index contributed by atoms with van der Waals surface area (Å²) < 4.78 is 7.98. The van der Waals surface area contributed by atoms with Crippen molar-refractivity contribution in [2.75, 3.05) is 33.3 Å². The summed E-state index contributed by atoms with van der Waals surface area (Å²) in [5.74, 6) is 1.74. The van der Waals surface area contributed by atoms with Crippen LogP contribution in [0.1, 0.15) is 63.4 Å². The van der Waals surface area contributed by atoms with Gasteiger partial charge in [0, 0.05) is 46.5 Å². The second kappa shape index (κ2) is 11.4. The second-order valence-corrected chi connectivity index (χ2v) is 8.49. The predicted octanol–water partition coefficient (Wildman–Crippen LogP) is 3.38. The van der Waals surface area contributed by atoms with Gasteiger partial charge in [-0.1, -0.05) is 25.7 Å². The molecule has 1 atom stereocenters. The number of aliphatic imine (C=N–C) groups is 1. The molecule has 158 valence electrons. The highest BCUT2D eigenvalue weighted by Gasteiger charge is 2.25. The lowest BCUT2D eigenvalue weighted by atomic mass is 10.0. The van der Waals surface area contributed by atoms with Crippen LogP contribution in [0, 0.1) is 5.92 Å². The molecule has 2 aliphatic rings. The van der Waals surface area contributed by atoms with E-state index in [0.717, 1.165) is 51.5 Å². The van der Waals surface area contributed by atoms with Crippen LogP contribution in [0.15, 0.2) is 17.4 Å². The minimum atomic E-state index is 0.518. The zero-order valence-corrected chi connectivity index (χ0v) is 17.9. The maximum absolute atomic E-state index is 6.09. The van der Waals surface area contributed by atoms with Crippen molar-refractivity contribution >= 4 is 5.96 Å². The van der Waals surface area contributed by atoms with Crippen molar-refractivity contribution in [2.45, 2.75) is 70.3 Å². The molecule has 2 heterocycles. The maximum Gasteiger partial charge on any atom is 0.193 e. The maximum atomic E-state index is 6.09. The van der Waals surface area contributed by atoms with Crippen LogP contribution in [-0.2, 0) is 18.2 Å². The van der Waals surface area contributed by atoms with E-state index in [4.69, 9.17) is 4.74 Å². The van der Waals surface area contributed by atoms with Crippen molar-refractivity contribution in [3.05, 3.63) is 18.0 Å². The molecule has 1 aliphatic carbocycles. The summed E-state index contributed by atoms with van der Waals surface area (Å²) >= 11 is 0. The van der Waals surface area contributed by atoms with E-state index < -0.39 is 0 Å². The molecule has 0 aromatic carbocycles. The molecule has 1 unspecified atom stereocenters. The summed E-state index contributed by atoms with van der Waals surface area (Å²) in [6, 6.07) is 0. The highest BCUT2D eigenvalue weighted by atomic mass is 16.5. The van der Waals surface area contributed by atoms with Crippen molar-refractivity contribution in [3.8, 4) is 0 Å². The molecule has 2 fully saturated rings. The van der Waals surface area contributed by atoms with E-state index in [9.17, 15) is 0 Å². The van der Waals surface area contributed by atoms with Gasteiger partial charge in [0.25, 0.3) is 0 Å². The number of likely N-dealkylation sites (tertiary alicyclic amines) is 1. The number of ether oxygens (including phenoxy) is 1. The van der Waals surface area contributed by atoms with Gasteiger partial charge in [-0.25, -0.2) is 0 Å². The number of guanidine groups is 1. The van der Waals surface area contributed by atoms with Crippen molar-refractivity contribution in [3.63, 3.8) is 0 Å². The minimum absolute atomic E-state index is 0.518. The molecule has 6 nitrogen and oxygen atoms in total. The number of nitrogens with zero attached hydrogens (tertiary/aromatic N) is 4. The Morgan fingerprint density at radius 3 is 2.75 bits per heavy atom. The molecule has 1 aromatic heterocycles. The summed E-state index contributed by atoms with van der Waals surface area (Å²) in [4.78, 5) is 6.91. The van der Waals surface area contributed by atoms with Crippen molar-refractivity contribution in [1.82, 2.24) is 20.0 Å². The van der Waals surface area contributed by atoms with Gasteiger partial charge in [-0.3, -0.25) is 9.67 Å². The van der Waals surface area contributed by atoms with Crippen molar-refractivity contribution < 1.29 is 4.74 Å². The zero-order chi connectivity index (χ0) is 19.6. The topological polar surface area (TPSA) is 54.7 Å². The van der Waals surface area contributed by atoms with Crippen LogP contribution in [0.5, 0.6) is 0 Å². The van der Waals surface area contributed by atoms with Gasteiger partial charge in [0.2, 0.25) is 0 Å². The third kappa shape index (κ3) is 6.80. The van der Waals surface area contributed by atoms with Crippen LogP contribution < -0.4 is 5.32 Å². The van der Waals surface area contributed by atoms with E-state index >= 15 is 0 Å². The molecule has 6 heteroatoms. The first-order valence-corrected chi connectivity index (χ1v) is 11.3. The second-order valence-electron chi connectivity index (χ2n) is 8.49. The molecule has 1 saturated heterocycles. The van der Waals surface area contributed by atoms with E-state index in [2.05, 4.69) is 26.5 Å². The van der Waals surface area contributed by atoms with Crippen LogP contribution in [0.2, 0.25) is 0 Å². The van der Waals surface area contributed by atoms with Crippen LogP contribution in [0.25, 0.3) is 0 Å². The van der Waals surface area contributed by atoms with E-state index in [1.807, 2.05) is 25.0 Å². The first-order chi connectivity index (χ1) is 13.7. The highest BCUT2D eigenvalue weighted by molar-refractivity contribution is 5.80. The standard InChI is InChI=1S/C22H39N5O/c1-23-22(24-12-7-8-14-28-21-9-5-3-4-6-10-21)27-13-11-19(18-27)15-20-16-25-26(2)17-20/h16-17,19,21H,3-15,18H2,1-2H3,(H,23,24). The van der Waals surface area contributed by atoms with Crippen molar-refractivity contribution in [2.24, 2.45) is 18.0 Å². The Balaban J connectivity index is 1.28. The smallest absolute Gasteiger partial charge is 0.193 e. The Labute approximate surface area is 170 Å². The highest BCUT2D eigenvalue weighted by Crippen LogP contribution is 2.21. The Morgan fingerprint density at radius 1 is 1.21 bits per heavy atom. The van der Waals surface area contributed by atoms with Crippen LogP contribution in [-0.4, -0.2) is 60.0 Å². The first-order valence-electron chi connectivity index (χ1n) is 11.3. The van der Waals surface area contributed by atoms with Gasteiger partial charge in [-0.2, -0.15) is 5.10 Å². The number of rotatable bonds is 8. The molecule has 0 spiro atoms. The lowest BCUT2D eigenvalue weighted by molar-refractivity contribution is 0.0411. The van der Waals surface area contributed by atoms with Crippen LogP contribution >= 0.6 is 0 Å². The molecule has 1 aliphatic heterocycles. The molecule has 1 saturated carbocycles. The van der Waals surface area contributed by atoms with Gasteiger partial charge in [-0.15, -0.1) is 0 Å². The largest absolute Gasteiger partial charge is 0.378 e. The zero-order valence-electron chi connectivity index (χ0n) is 17.9. The minimum Gasteiger partial charge on any atom is -0.378 e. The van der Waals surface area contributed by atoms with Gasteiger partial charge in [0.1, 0.15) is 0 Å². The number of unbranched alkanes of at least 4 members (excludes halogenated alkanes) is 1. The average Bonchev–Trinajstić information content (AvgIpc) is 3.23. The number of hydrogen-bond acceptors (Lipinski definition) is 3. The van der Waals surface area contributed by atoms with Gasteiger partial charge < -0.3 is 15.0 Å². The summed E-state index contributed by atoms with van der Waals surface area (Å²) in [6.07, 6.45) is 17.3. The summed E-state index contributed by atoms with van der Waals surface area (Å²) in [5.41, 5.74) is 1.34. The fourth-order valence-corrected chi connectivity index (χ4v) is 4.52. The van der Waals surface area contributed by atoms with Crippen molar-refractivity contribution in [1.29, 1.82) is 0 Å². The van der Waals surface area contributed by atoms with E-state index in [0.29, 0.717) is 12.0 Å². The Kier molecular flexibility index (Phi) is 8.65. The Morgan fingerprint density at radius 2 is 2.04 bits per heavy atom. The van der Waals surface area contributed by atoms with Gasteiger partial charge >= 0.3 is 0 Å². The van der Waals surface area contributed by atoms with E-state index in [1.165, 1.54) is 50.5 Å². The Hall–Kier alpha value is -1.56. The fraction of sp³-hybridized carbons (Fsp3) is 0.818. The SMILES string of the molecule is CN=C(NCCCCOC1CCCCCC1)N1CCC(Cc2cnn(C)c2)C1. The van der Waals surface area contributed by atoms with E-state index in [-0.39, 0.29) is 0 Å². The molecule has 0 radical (unpaired) electrons. The van der Waals surface area contributed by atoms with Crippen LogP contribution in [0.4, 0.5) is 0 Å². The number of aromatic nitrogens is 2. The molecule has 0 amide bonds. The van der Waals surface area contributed by atoms with Gasteiger partial charge in [0.15, 0.2) is 5.96 Å². The average molecular weight is 390 g/mol. The number of nitrogens with one attached hydrogen (secondary N) is 1. The third-order valence-corrected chi connectivity index (χ3v) is 6.09. The molecule has 28 heavy (non-hydrogen) atoms. The number of aryl methyl sites for hydroxylation is 1. The third-order valence-electron chi connectivity index (χ3n) is 6.09. The summed E-state index contributed by atoms with van der Waals surface area (Å²) in [5, 5.41) is 7.84. The molecule has 3 rings (SSSR count). The lowest BCUT2D eigenvalue weighted by Crippen LogP contribution is -2.40.